The average Bonchev–Trinajstić information content (AvgIpc) is 2.26. The van der Waals surface area contributed by atoms with Crippen LogP contribution >= 0.6 is 22.6 Å². The lowest BCUT2D eigenvalue weighted by molar-refractivity contribution is 0.0524. The van der Waals surface area contributed by atoms with Crippen molar-refractivity contribution in [2.75, 3.05) is 6.61 Å². The molecule has 1 aliphatic carbocycles. The van der Waals surface area contributed by atoms with Crippen LogP contribution in [0.15, 0.2) is 6.20 Å². The minimum atomic E-state index is -0.417. The zero-order valence-corrected chi connectivity index (χ0v) is 13.4. The molecule has 0 atom stereocenters. The molecule has 4 nitrogen and oxygen atoms in total. The monoisotopic (exact) mass is 373 g/mol. The maximum absolute atomic E-state index is 12.3. The van der Waals surface area contributed by atoms with Crippen molar-refractivity contribution in [2.24, 2.45) is 5.41 Å². The van der Waals surface area contributed by atoms with E-state index in [4.69, 9.17) is 4.74 Å². The molecule has 0 spiro atoms. The van der Waals surface area contributed by atoms with E-state index in [9.17, 15) is 9.59 Å². The molecule has 19 heavy (non-hydrogen) atoms. The fourth-order valence-electron chi connectivity index (χ4n) is 2.33. The first kappa shape index (κ1) is 14.4. The van der Waals surface area contributed by atoms with Crippen molar-refractivity contribution in [3.63, 3.8) is 0 Å². The van der Waals surface area contributed by atoms with E-state index in [-0.39, 0.29) is 11.2 Å². The number of ether oxygens (including phenoxy) is 1. The normalized spacial score (nSPS) is 16.9. The van der Waals surface area contributed by atoms with Gasteiger partial charge in [-0.3, -0.25) is 9.78 Å². The Bertz CT molecular complexity index is 552. The van der Waals surface area contributed by atoms with Crippen molar-refractivity contribution in [1.82, 2.24) is 4.98 Å². The summed E-state index contributed by atoms with van der Waals surface area (Å²) in [5.41, 5.74) is 1.71. The van der Waals surface area contributed by atoms with Crippen LogP contribution in [0.25, 0.3) is 0 Å². The van der Waals surface area contributed by atoms with Gasteiger partial charge >= 0.3 is 5.97 Å². The van der Waals surface area contributed by atoms with Gasteiger partial charge in [0.25, 0.3) is 0 Å². The number of nitrogens with zero attached hydrogens (tertiary/aromatic N) is 1. The summed E-state index contributed by atoms with van der Waals surface area (Å²) >= 11 is 2.04. The number of hydrogen-bond donors (Lipinski definition) is 0. The fraction of sp³-hybridized carbons (Fsp3) is 0.500. The lowest BCUT2D eigenvalue weighted by Crippen LogP contribution is -2.29. The highest BCUT2D eigenvalue weighted by Gasteiger charge is 2.34. The largest absolute Gasteiger partial charge is 0.462 e. The summed E-state index contributed by atoms with van der Waals surface area (Å²) < 4.78 is 5.65. The van der Waals surface area contributed by atoms with Gasteiger partial charge in [0, 0.05) is 16.2 Å². The minimum Gasteiger partial charge on any atom is -0.462 e. The lowest BCUT2D eigenvalue weighted by Gasteiger charge is -2.30. The summed E-state index contributed by atoms with van der Waals surface area (Å²) in [7, 11) is 0. The van der Waals surface area contributed by atoms with Gasteiger partial charge in [-0.15, -0.1) is 0 Å². The van der Waals surface area contributed by atoms with Gasteiger partial charge in [-0.25, -0.2) is 4.79 Å². The topological polar surface area (TPSA) is 56.3 Å². The van der Waals surface area contributed by atoms with Crippen LogP contribution in [0.2, 0.25) is 0 Å². The molecule has 102 valence electrons. The Morgan fingerprint density at radius 2 is 2.16 bits per heavy atom. The number of aromatic nitrogens is 1. The molecule has 0 radical (unpaired) electrons. The Kier molecular flexibility index (Phi) is 3.94. The third-order valence-corrected chi connectivity index (χ3v) is 4.27. The Hall–Kier alpha value is -0.980. The summed E-state index contributed by atoms with van der Waals surface area (Å²) in [6.45, 7) is 6.18. The van der Waals surface area contributed by atoms with Gasteiger partial charge in [-0.1, -0.05) is 13.8 Å². The molecule has 0 saturated carbocycles. The number of carbonyl (C=O) groups is 2. The van der Waals surface area contributed by atoms with Crippen molar-refractivity contribution < 1.29 is 14.3 Å². The van der Waals surface area contributed by atoms with Gasteiger partial charge in [0.2, 0.25) is 0 Å². The number of fused-ring (bicyclic) bond motifs is 1. The second-order valence-electron chi connectivity index (χ2n) is 5.47. The molecule has 2 rings (SSSR count). The predicted molar refractivity (Wildman–Crippen MR) is 79.3 cm³/mol. The summed E-state index contributed by atoms with van der Waals surface area (Å²) in [4.78, 5) is 28.4. The Morgan fingerprint density at radius 3 is 2.79 bits per heavy atom. The third-order valence-electron chi connectivity index (χ3n) is 3.15. The van der Waals surface area contributed by atoms with E-state index in [1.54, 1.807) is 6.92 Å². The minimum absolute atomic E-state index is 0.0639. The van der Waals surface area contributed by atoms with E-state index >= 15 is 0 Å². The van der Waals surface area contributed by atoms with E-state index in [2.05, 4.69) is 18.8 Å². The Morgan fingerprint density at radius 1 is 1.47 bits per heavy atom. The maximum Gasteiger partial charge on any atom is 0.340 e. The van der Waals surface area contributed by atoms with Gasteiger partial charge in [-0.05, 0) is 41.4 Å². The number of ketones is 1. The molecule has 1 aliphatic rings. The molecule has 0 bridgehead atoms. The molecule has 1 aromatic heterocycles. The molecular formula is C14H16INO3. The molecular weight excluding hydrogens is 357 g/mol. The first-order chi connectivity index (χ1) is 8.85. The van der Waals surface area contributed by atoms with Gasteiger partial charge in [0.1, 0.15) is 0 Å². The van der Waals surface area contributed by atoms with Crippen LogP contribution in [0.4, 0.5) is 0 Å². The first-order valence-electron chi connectivity index (χ1n) is 6.23. The van der Waals surface area contributed by atoms with Gasteiger partial charge in [0.15, 0.2) is 5.78 Å². The number of rotatable bonds is 2. The second-order valence-corrected chi connectivity index (χ2v) is 6.55. The van der Waals surface area contributed by atoms with Crippen LogP contribution in [0.1, 0.15) is 53.6 Å². The van der Waals surface area contributed by atoms with Crippen LogP contribution in [-0.2, 0) is 11.2 Å². The van der Waals surface area contributed by atoms with Crippen LogP contribution < -0.4 is 0 Å². The number of pyridine rings is 1. The standard InChI is InChI=1S/C14H16INO3/c1-4-19-13(18)8-7-16-9-5-14(2,3)6-10(17)11(9)12(8)15/h7H,4-6H2,1-3H3. The molecule has 0 saturated heterocycles. The van der Waals surface area contributed by atoms with E-state index in [1.807, 2.05) is 22.6 Å². The highest BCUT2D eigenvalue weighted by atomic mass is 127. The van der Waals surface area contributed by atoms with Gasteiger partial charge in [0.05, 0.1) is 23.4 Å². The van der Waals surface area contributed by atoms with E-state index in [0.29, 0.717) is 27.7 Å². The quantitative estimate of drug-likeness (QED) is 0.591. The zero-order valence-electron chi connectivity index (χ0n) is 11.2. The smallest absolute Gasteiger partial charge is 0.340 e. The summed E-state index contributed by atoms with van der Waals surface area (Å²) in [6, 6.07) is 0. The molecule has 5 heteroatoms. The highest BCUT2D eigenvalue weighted by molar-refractivity contribution is 14.1. The number of hydrogen-bond acceptors (Lipinski definition) is 4. The first-order valence-corrected chi connectivity index (χ1v) is 7.31. The predicted octanol–water partition coefficient (Wildman–Crippen LogP) is 3.02. The molecule has 1 heterocycles. The number of halogens is 1. The number of esters is 1. The molecule has 0 N–H and O–H groups in total. The van der Waals surface area contributed by atoms with Crippen LogP contribution in [0, 0.1) is 8.99 Å². The van der Waals surface area contributed by atoms with Crippen molar-refractivity contribution in [1.29, 1.82) is 0 Å². The average molecular weight is 373 g/mol. The highest BCUT2D eigenvalue weighted by Crippen LogP contribution is 2.36. The van der Waals surface area contributed by atoms with E-state index in [0.717, 1.165) is 12.1 Å². The van der Waals surface area contributed by atoms with Crippen LogP contribution in [-0.4, -0.2) is 23.3 Å². The number of carbonyl (C=O) groups excluding carboxylic acids is 2. The van der Waals surface area contributed by atoms with Crippen molar-refractivity contribution in [3.8, 4) is 0 Å². The van der Waals surface area contributed by atoms with E-state index < -0.39 is 5.97 Å². The Balaban J connectivity index is 2.49. The maximum atomic E-state index is 12.3. The van der Waals surface area contributed by atoms with Gasteiger partial charge in [-0.2, -0.15) is 0 Å². The van der Waals surface area contributed by atoms with Crippen molar-refractivity contribution in [3.05, 3.63) is 26.6 Å². The summed E-state index contributed by atoms with van der Waals surface area (Å²) in [5, 5.41) is 0. The van der Waals surface area contributed by atoms with Crippen LogP contribution in [0.3, 0.4) is 0 Å². The molecule has 0 amide bonds. The third kappa shape index (κ3) is 2.80. The van der Waals surface area contributed by atoms with Crippen molar-refractivity contribution >= 4 is 34.3 Å². The molecule has 0 unspecified atom stereocenters. The molecule has 0 aliphatic heterocycles. The molecule has 0 fully saturated rings. The van der Waals surface area contributed by atoms with Gasteiger partial charge < -0.3 is 4.74 Å². The van der Waals surface area contributed by atoms with E-state index in [1.165, 1.54) is 6.20 Å². The Labute approximate surface area is 126 Å². The lowest BCUT2D eigenvalue weighted by atomic mass is 9.75. The SMILES string of the molecule is CCOC(=O)c1cnc2c(c1I)C(=O)CC(C)(C)C2. The van der Waals surface area contributed by atoms with Crippen molar-refractivity contribution in [2.45, 2.75) is 33.6 Å². The zero-order chi connectivity index (χ0) is 14.2. The summed E-state index contributed by atoms with van der Waals surface area (Å²) in [5.74, 6) is -0.353. The van der Waals surface area contributed by atoms with Crippen LogP contribution in [0.5, 0.6) is 0 Å². The fourth-order valence-corrected chi connectivity index (χ4v) is 3.30. The summed E-state index contributed by atoms with van der Waals surface area (Å²) in [6.07, 6.45) is 2.77. The molecule has 1 aromatic rings. The second kappa shape index (κ2) is 5.19. The number of Topliss-reactive ketones (excluding diaryl/α,β-unsaturated/α-hetero) is 1. The molecule has 0 aromatic carbocycles.